The molecular weight excluding hydrogens is 1620 g/mol. The number of nitrogens with zero attached hydrogens (tertiary/aromatic N) is 6. The van der Waals surface area contributed by atoms with Gasteiger partial charge in [0.2, 0.25) is 11.9 Å². The summed E-state index contributed by atoms with van der Waals surface area (Å²) in [6.45, 7) is 4.72. The largest absolute Gasteiger partial charge is 0.497 e. The van der Waals surface area contributed by atoms with Crippen molar-refractivity contribution in [2.75, 3.05) is 44.5 Å². The van der Waals surface area contributed by atoms with Crippen LogP contribution in [-0.2, 0) is 60.2 Å². The van der Waals surface area contributed by atoms with Gasteiger partial charge in [-0.25, -0.2) is 63.9 Å². The molecule has 0 aliphatic carbocycles. The number of carboxylic acid groups (broad SMARTS) is 2. The summed E-state index contributed by atoms with van der Waals surface area (Å²) in [4.78, 5) is 65.3. The lowest BCUT2D eigenvalue weighted by atomic mass is 9.78. The summed E-state index contributed by atoms with van der Waals surface area (Å²) in [5.74, 6) is -11.0. The van der Waals surface area contributed by atoms with Crippen molar-refractivity contribution < 1.29 is 106 Å². The third-order valence-corrected chi connectivity index (χ3v) is 20.7. The first-order valence-corrected chi connectivity index (χ1v) is 37.7. The van der Waals surface area contributed by atoms with Gasteiger partial charge in [0.25, 0.3) is 31.9 Å². The number of hydrogen-bond acceptors (Lipinski definition) is 19. The number of rotatable bonds is 28. The van der Waals surface area contributed by atoms with Gasteiger partial charge < -0.3 is 63.4 Å². The Morgan fingerprint density at radius 2 is 0.904 bits per heavy atom. The molecule has 37 heteroatoms. The fourth-order valence-corrected chi connectivity index (χ4v) is 14.3. The predicted octanol–water partition coefficient (Wildman–Crippen LogP) is 11.6. The maximum Gasteiger partial charge on any atom is 0.496 e. The molecule has 2 atom stereocenters. The number of aryl methyl sites for hydroxylation is 1. The van der Waals surface area contributed by atoms with Crippen LogP contribution in [-0.4, -0.2) is 144 Å². The molecule has 0 saturated heterocycles. The second-order valence-corrected chi connectivity index (χ2v) is 28.8. The summed E-state index contributed by atoms with van der Waals surface area (Å²) in [5.41, 5.74) is 3.64. The minimum atomic E-state index is -4.37. The topological polar surface area (TPSA) is 372 Å². The first-order valence-electron chi connectivity index (χ1n) is 33.9. The lowest BCUT2D eigenvalue weighted by Gasteiger charge is -2.19. The molecule has 27 nitrogen and oxygen atoms in total. The average Bonchev–Trinajstić information content (AvgIpc) is 1.58. The number of carbonyl (C=O) groups is 4. The summed E-state index contributed by atoms with van der Waals surface area (Å²) >= 11 is 3.33. The Morgan fingerprint density at radius 3 is 1.29 bits per heavy atom. The molecule has 2 amide bonds. The average molecular weight is 1690 g/mol. The number of sulfonamides is 2. The van der Waals surface area contributed by atoms with Crippen LogP contribution >= 0.6 is 15.9 Å². The molecule has 6 heterocycles. The molecular formula is C78H72BBrF6N10O17S2. The smallest absolute Gasteiger partial charge is 0.496 e. The quantitative estimate of drug-likeness (QED) is 0.0128. The summed E-state index contributed by atoms with van der Waals surface area (Å²) in [6.07, 6.45) is 8.95. The predicted molar refractivity (Wildman–Crippen MR) is 416 cm³/mol. The van der Waals surface area contributed by atoms with Gasteiger partial charge in [-0.1, -0.05) is 38.6 Å². The molecule has 115 heavy (non-hydrogen) atoms. The van der Waals surface area contributed by atoms with Gasteiger partial charge in [-0.3, -0.25) is 19.0 Å². The Morgan fingerprint density at radius 1 is 0.504 bits per heavy atom. The van der Waals surface area contributed by atoms with Crippen LogP contribution in [0.1, 0.15) is 64.5 Å². The van der Waals surface area contributed by atoms with Crippen LogP contribution in [0, 0.1) is 35.2 Å². The highest BCUT2D eigenvalue weighted by Crippen LogP contribution is 2.42. The number of anilines is 2. The zero-order chi connectivity index (χ0) is 82.5. The lowest BCUT2D eigenvalue weighted by molar-refractivity contribution is -0.140. The molecule has 0 aliphatic heterocycles. The van der Waals surface area contributed by atoms with E-state index in [1.54, 1.807) is 57.6 Å². The monoisotopic (exact) mass is 1690 g/mol. The highest BCUT2D eigenvalue weighted by Gasteiger charge is 2.31. The molecule has 6 aromatic heterocycles. The van der Waals surface area contributed by atoms with Gasteiger partial charge in [0, 0.05) is 85.7 Å². The van der Waals surface area contributed by atoms with E-state index in [2.05, 4.69) is 51.2 Å². The lowest BCUT2D eigenvalue weighted by Crippen LogP contribution is -2.43. The maximum absolute atomic E-state index is 15.3. The number of carboxylic acids is 2. The number of nitrogens with one attached hydrogen (secondary N) is 4. The number of aromatic nitrogens is 6. The first kappa shape index (κ1) is 86.6. The standard InChI is InChI=1S/C39H34F3N5O8S.C28H19BrF3N5O5S.C10H15BO4.CH4/c1-4-55-21-22-15-32(53-2)35(33(16-22)54-3)28-10-7-26(47-14-13-44-37(28)47)20-31(39(49)50)45-38(48)36-29(40)18-25(19-30(36)41)46-56(51,52)27-8-5-23(6-9-27)24-11-12-43-34(42)17-24;29-20-6-3-18(37-10-9-34-26(20)37)14-23(28(39)40)35-27(38)25-21(30)12-17(13-22(25)31)36-43(41,42)19-4-1-15(2-5-19)16-7-8-33-24(32)11-16;1-4-7-5-8(14-2)10(11(12)13)9(6-7)15-3;/h5-19,31,46H,4,20-21H2,1-3H3,(H,45,48)(H,49,50);1-13,23,36H,14H2,(H,35,38)(H,39,40);5-6,12-13H,4H2,1-3H3;1H4/t31-;23-;;/m00../s1. The molecule has 0 aliphatic rings. The Labute approximate surface area is 663 Å². The zero-order valence-electron chi connectivity index (χ0n) is 60.8. The minimum absolute atomic E-state index is 0. The van der Waals surface area contributed by atoms with Crippen molar-refractivity contribution in [3.05, 3.63) is 256 Å². The van der Waals surface area contributed by atoms with Crippen molar-refractivity contribution >= 4 is 95.0 Å². The van der Waals surface area contributed by atoms with Crippen LogP contribution in [0.5, 0.6) is 23.0 Å². The van der Waals surface area contributed by atoms with Gasteiger partial charge in [0.1, 0.15) is 75.1 Å². The summed E-state index contributed by atoms with van der Waals surface area (Å²) in [7, 11) is -4.31. The zero-order valence-corrected chi connectivity index (χ0v) is 64.0. The van der Waals surface area contributed by atoms with Gasteiger partial charge in [-0.15, -0.1) is 0 Å². The van der Waals surface area contributed by atoms with E-state index in [1.165, 1.54) is 126 Å². The molecule has 0 fully saturated rings. The molecule has 0 bridgehead atoms. The number of amides is 2. The second kappa shape index (κ2) is 37.9. The Balaban J connectivity index is 0.000000226. The molecule has 12 aromatic rings. The van der Waals surface area contributed by atoms with E-state index >= 15 is 8.78 Å². The highest BCUT2D eigenvalue weighted by molar-refractivity contribution is 9.10. The Bertz CT molecular complexity index is 5740. The minimum Gasteiger partial charge on any atom is -0.497 e. The van der Waals surface area contributed by atoms with E-state index in [-0.39, 0.29) is 35.5 Å². The summed E-state index contributed by atoms with van der Waals surface area (Å²) in [6, 6.07) is 28.9. The molecule has 8 N–H and O–H groups in total. The van der Waals surface area contributed by atoms with Gasteiger partial charge in [-0.2, -0.15) is 8.78 Å². The van der Waals surface area contributed by atoms with E-state index in [0.717, 1.165) is 17.5 Å². The van der Waals surface area contributed by atoms with Gasteiger partial charge in [0.15, 0.2) is 5.65 Å². The molecule has 6 aromatic carbocycles. The number of carbonyl (C=O) groups excluding carboxylic acids is 2. The third kappa shape index (κ3) is 20.5. The van der Waals surface area contributed by atoms with Crippen molar-refractivity contribution in [3.63, 3.8) is 0 Å². The molecule has 0 spiro atoms. The van der Waals surface area contributed by atoms with Crippen LogP contribution in [0.2, 0.25) is 0 Å². The maximum atomic E-state index is 15.3. The summed E-state index contributed by atoms with van der Waals surface area (Å²) in [5, 5.41) is 42.4. The fraction of sp³-hybridized carbons (Fsp3) is 0.179. The van der Waals surface area contributed by atoms with Gasteiger partial charge in [0.05, 0.1) is 71.7 Å². The molecule has 0 saturated carbocycles. The van der Waals surface area contributed by atoms with Crippen LogP contribution in [0.15, 0.2) is 197 Å². The number of fused-ring (bicyclic) bond motifs is 2. The van der Waals surface area contributed by atoms with Crippen molar-refractivity contribution in [2.45, 2.75) is 69.0 Å². The number of benzene rings is 6. The first-order chi connectivity index (χ1) is 54.4. The van der Waals surface area contributed by atoms with Crippen LogP contribution in [0.3, 0.4) is 0 Å². The molecule has 0 radical (unpaired) electrons. The number of ether oxygens (including phenoxy) is 5. The highest BCUT2D eigenvalue weighted by atomic mass is 79.9. The number of pyridine rings is 4. The number of hydrogen-bond donors (Lipinski definition) is 8. The number of aliphatic carboxylic acids is 2. The Kier molecular flexibility index (Phi) is 28.6. The number of halogens is 7. The number of methoxy groups -OCH3 is 4. The van der Waals surface area contributed by atoms with Crippen molar-refractivity contribution in [2.24, 2.45) is 0 Å². The van der Waals surface area contributed by atoms with Gasteiger partial charge >= 0.3 is 19.1 Å². The van der Waals surface area contributed by atoms with Crippen molar-refractivity contribution in [1.82, 2.24) is 39.4 Å². The third-order valence-electron chi connectivity index (χ3n) is 17.3. The van der Waals surface area contributed by atoms with Crippen LogP contribution in [0.4, 0.5) is 37.7 Å². The van der Waals surface area contributed by atoms with E-state index in [1.807, 2.05) is 30.7 Å². The second-order valence-electron chi connectivity index (χ2n) is 24.6. The Hall–Kier alpha value is -12.4. The van der Waals surface area contributed by atoms with E-state index < -0.39 is 121 Å². The van der Waals surface area contributed by atoms with Crippen molar-refractivity contribution in [1.29, 1.82) is 0 Å². The fourth-order valence-electron chi connectivity index (χ4n) is 11.8. The molecule has 0 unspecified atom stereocenters. The molecule has 600 valence electrons. The van der Waals surface area contributed by atoms with E-state index in [9.17, 15) is 73.8 Å². The summed E-state index contributed by atoms with van der Waals surface area (Å²) < 4.78 is 174. The van der Waals surface area contributed by atoms with E-state index in [4.69, 9.17) is 23.7 Å². The van der Waals surface area contributed by atoms with E-state index in [0.29, 0.717) is 121 Å². The number of imidazole rings is 2. The van der Waals surface area contributed by atoms with Crippen LogP contribution in [0.25, 0.3) is 44.7 Å². The van der Waals surface area contributed by atoms with Crippen molar-refractivity contribution in [3.8, 4) is 56.4 Å². The normalized spacial score (nSPS) is 11.7. The van der Waals surface area contributed by atoms with Crippen LogP contribution < -0.4 is 44.5 Å². The molecule has 12 rings (SSSR count). The SMILES string of the molecule is C.CCOCc1cc(OC)c(-c2ccc(C[C@H](NC(=O)c3c(F)cc(NS(=O)(=O)c4ccc(-c5ccnc(F)c5)cc4)cc3F)C(=O)O)n3ccnc23)c(OC)c1.CCc1cc(OC)c(B(O)O)c(OC)c1.O=C(N[C@@H](Cc1ccc(Br)c2nccn12)C(=O)O)c1c(F)cc(NS(=O)(=O)c2ccc(-c3ccnc(F)c3)cc2)cc1F. The van der Waals surface area contributed by atoms with Gasteiger partial charge in [-0.05, 0) is 172 Å².